The Labute approximate surface area is 164 Å². The molecule has 2 rings (SSSR count). The first-order chi connectivity index (χ1) is 12.6. The first-order valence-corrected chi connectivity index (χ1v) is 10.8. The molecule has 1 aromatic rings. The van der Waals surface area contributed by atoms with Crippen molar-refractivity contribution in [1.29, 1.82) is 0 Å². The molecule has 0 spiro atoms. The molecule has 1 N–H and O–H groups in total. The van der Waals surface area contributed by atoms with Gasteiger partial charge < -0.3 is 14.7 Å². The summed E-state index contributed by atoms with van der Waals surface area (Å²) in [5.41, 5.74) is 1.18. The first kappa shape index (κ1) is 21.5. The molecular formula is C22H36ClNO2. The number of hydrogen-bond acceptors (Lipinski definition) is 3. The minimum absolute atomic E-state index is 0.210. The second kappa shape index (κ2) is 11.8. The van der Waals surface area contributed by atoms with E-state index in [0.717, 1.165) is 44.7 Å². The number of nitrogens with zero attached hydrogens (tertiary/aromatic N) is 1. The highest BCUT2D eigenvalue weighted by Crippen LogP contribution is 2.28. The molecule has 148 valence electrons. The molecule has 4 heteroatoms. The summed E-state index contributed by atoms with van der Waals surface area (Å²) in [6.07, 6.45) is 10.5. The van der Waals surface area contributed by atoms with Gasteiger partial charge in [0.15, 0.2) is 0 Å². The Kier molecular flexibility index (Phi) is 9.80. The molecule has 1 aliphatic heterocycles. The van der Waals surface area contributed by atoms with E-state index in [1.54, 1.807) is 0 Å². The van der Waals surface area contributed by atoms with E-state index in [1.807, 2.05) is 12.1 Å². The number of aliphatic hydroxyl groups excluding tert-OH is 1. The van der Waals surface area contributed by atoms with E-state index in [0.29, 0.717) is 5.02 Å². The summed E-state index contributed by atoms with van der Waals surface area (Å²) >= 11 is 6.41. The average molecular weight is 382 g/mol. The van der Waals surface area contributed by atoms with Crippen molar-refractivity contribution in [2.45, 2.75) is 70.8 Å². The molecule has 2 unspecified atom stereocenters. The van der Waals surface area contributed by atoms with E-state index in [2.05, 4.69) is 24.9 Å². The number of rotatable bonds is 11. The number of aliphatic hydroxyl groups is 1. The van der Waals surface area contributed by atoms with E-state index in [4.69, 9.17) is 16.3 Å². The Morgan fingerprint density at radius 2 is 1.88 bits per heavy atom. The maximum absolute atomic E-state index is 10.2. The van der Waals surface area contributed by atoms with Crippen molar-refractivity contribution in [3.8, 4) is 5.75 Å². The molecule has 0 amide bonds. The van der Waals surface area contributed by atoms with E-state index in [1.165, 1.54) is 44.1 Å². The summed E-state index contributed by atoms with van der Waals surface area (Å²) in [7, 11) is 2.12. The fraction of sp³-hybridized carbons (Fsp3) is 0.727. The van der Waals surface area contributed by atoms with E-state index < -0.39 is 0 Å². The third kappa shape index (κ3) is 7.46. The number of piperidine rings is 1. The zero-order valence-corrected chi connectivity index (χ0v) is 17.3. The van der Waals surface area contributed by atoms with Gasteiger partial charge >= 0.3 is 0 Å². The zero-order valence-electron chi connectivity index (χ0n) is 16.6. The van der Waals surface area contributed by atoms with Crippen LogP contribution >= 0.6 is 11.6 Å². The minimum atomic E-state index is -0.210. The predicted molar refractivity (Wildman–Crippen MR) is 110 cm³/mol. The molecule has 26 heavy (non-hydrogen) atoms. The maximum Gasteiger partial charge on any atom is 0.137 e. The third-order valence-corrected chi connectivity index (χ3v) is 5.69. The third-order valence-electron chi connectivity index (χ3n) is 5.40. The lowest BCUT2D eigenvalue weighted by molar-refractivity contribution is 0.0366. The van der Waals surface area contributed by atoms with Crippen LogP contribution in [0.1, 0.15) is 63.9 Å². The van der Waals surface area contributed by atoms with Crippen molar-refractivity contribution in [3.63, 3.8) is 0 Å². The van der Waals surface area contributed by atoms with Gasteiger partial charge in [0.25, 0.3) is 0 Å². The van der Waals surface area contributed by atoms with Crippen LogP contribution in [0.2, 0.25) is 5.02 Å². The van der Waals surface area contributed by atoms with Gasteiger partial charge in [0.2, 0.25) is 0 Å². The summed E-state index contributed by atoms with van der Waals surface area (Å²) in [5, 5.41) is 10.9. The second-order valence-corrected chi connectivity index (χ2v) is 8.22. The van der Waals surface area contributed by atoms with Crippen LogP contribution in [0.25, 0.3) is 0 Å². The smallest absolute Gasteiger partial charge is 0.137 e. The van der Waals surface area contributed by atoms with Crippen molar-refractivity contribution >= 4 is 11.6 Å². The number of likely N-dealkylation sites (tertiary alicyclic amines) is 1. The molecule has 3 nitrogen and oxygen atoms in total. The summed E-state index contributed by atoms with van der Waals surface area (Å²) in [6.45, 7) is 4.90. The minimum Gasteiger partial charge on any atom is -0.492 e. The number of unbranched alkanes of at least 4 members (excludes halogenated alkanes) is 6. The zero-order chi connectivity index (χ0) is 18.8. The van der Waals surface area contributed by atoms with Crippen molar-refractivity contribution in [1.82, 2.24) is 4.90 Å². The van der Waals surface area contributed by atoms with Gasteiger partial charge in [0, 0.05) is 19.0 Å². The Morgan fingerprint density at radius 3 is 2.62 bits per heavy atom. The molecule has 0 aliphatic carbocycles. The molecule has 2 atom stereocenters. The lowest BCUT2D eigenvalue weighted by Gasteiger charge is -2.34. The van der Waals surface area contributed by atoms with Gasteiger partial charge in [-0.2, -0.15) is 0 Å². The van der Waals surface area contributed by atoms with Crippen LogP contribution in [0.4, 0.5) is 0 Å². The van der Waals surface area contributed by atoms with Gasteiger partial charge in [-0.25, -0.2) is 0 Å². The molecule has 0 saturated carbocycles. The number of ether oxygens (including phenoxy) is 1. The molecular weight excluding hydrogens is 346 g/mol. The van der Waals surface area contributed by atoms with Gasteiger partial charge in [0.1, 0.15) is 5.75 Å². The van der Waals surface area contributed by atoms with Crippen LogP contribution < -0.4 is 4.74 Å². The quantitative estimate of drug-likeness (QED) is 0.526. The monoisotopic (exact) mass is 381 g/mol. The standard InChI is InChI=1S/C22H36ClNO2/c1-3-4-5-6-7-8-9-14-26-22-11-10-18(16-20(22)23)15-19-17-24(2)13-12-21(19)25/h10-11,16,19,21,25H,3-9,12-15,17H2,1-2H3. The number of hydrogen-bond donors (Lipinski definition) is 1. The molecule has 1 fully saturated rings. The summed E-state index contributed by atoms with van der Waals surface area (Å²) in [5.74, 6) is 1.06. The Hall–Kier alpha value is -0.770. The van der Waals surface area contributed by atoms with Crippen molar-refractivity contribution in [2.75, 3.05) is 26.7 Å². The highest BCUT2D eigenvalue weighted by molar-refractivity contribution is 6.32. The molecule has 0 radical (unpaired) electrons. The van der Waals surface area contributed by atoms with Crippen LogP contribution in [-0.2, 0) is 6.42 Å². The van der Waals surface area contributed by atoms with Crippen LogP contribution in [-0.4, -0.2) is 42.9 Å². The van der Waals surface area contributed by atoms with Gasteiger partial charge in [-0.1, -0.05) is 63.1 Å². The van der Waals surface area contributed by atoms with E-state index in [9.17, 15) is 5.11 Å². The van der Waals surface area contributed by atoms with Gasteiger partial charge in [-0.3, -0.25) is 0 Å². The summed E-state index contributed by atoms with van der Waals surface area (Å²) in [6, 6.07) is 6.08. The molecule has 1 heterocycles. The molecule has 0 bridgehead atoms. The molecule has 1 saturated heterocycles. The molecule has 1 aliphatic rings. The van der Waals surface area contributed by atoms with Gasteiger partial charge in [-0.15, -0.1) is 0 Å². The SMILES string of the molecule is CCCCCCCCCOc1ccc(CC2CN(C)CCC2O)cc1Cl. The summed E-state index contributed by atoms with van der Waals surface area (Å²) < 4.78 is 5.86. The van der Waals surface area contributed by atoms with Gasteiger partial charge in [-0.05, 0) is 44.0 Å². The van der Waals surface area contributed by atoms with E-state index >= 15 is 0 Å². The Balaban J connectivity index is 1.71. The summed E-state index contributed by atoms with van der Waals surface area (Å²) in [4.78, 5) is 2.29. The normalized spacial score (nSPS) is 21.1. The van der Waals surface area contributed by atoms with Crippen LogP contribution in [0.5, 0.6) is 5.75 Å². The topological polar surface area (TPSA) is 32.7 Å². The van der Waals surface area contributed by atoms with E-state index in [-0.39, 0.29) is 12.0 Å². The molecule has 0 aromatic heterocycles. The second-order valence-electron chi connectivity index (χ2n) is 7.82. The van der Waals surface area contributed by atoms with Crippen LogP contribution in [0.3, 0.4) is 0 Å². The average Bonchev–Trinajstić information content (AvgIpc) is 2.62. The lowest BCUT2D eigenvalue weighted by atomic mass is 9.89. The van der Waals surface area contributed by atoms with Crippen molar-refractivity contribution in [2.24, 2.45) is 5.92 Å². The highest BCUT2D eigenvalue weighted by atomic mass is 35.5. The number of benzene rings is 1. The maximum atomic E-state index is 10.2. The highest BCUT2D eigenvalue weighted by Gasteiger charge is 2.26. The first-order valence-electron chi connectivity index (χ1n) is 10.4. The number of halogens is 1. The fourth-order valence-electron chi connectivity index (χ4n) is 3.73. The fourth-order valence-corrected chi connectivity index (χ4v) is 3.99. The Morgan fingerprint density at radius 1 is 1.15 bits per heavy atom. The van der Waals surface area contributed by atoms with Crippen molar-refractivity contribution < 1.29 is 9.84 Å². The van der Waals surface area contributed by atoms with Crippen LogP contribution in [0.15, 0.2) is 18.2 Å². The van der Waals surface area contributed by atoms with Crippen LogP contribution in [0, 0.1) is 5.92 Å². The van der Waals surface area contributed by atoms with Crippen molar-refractivity contribution in [3.05, 3.63) is 28.8 Å². The lowest BCUT2D eigenvalue weighted by Crippen LogP contribution is -2.41. The Bertz CT molecular complexity index is 523. The predicted octanol–water partition coefficient (Wildman–Crippen LogP) is 5.32. The van der Waals surface area contributed by atoms with Gasteiger partial charge in [0.05, 0.1) is 17.7 Å². The largest absolute Gasteiger partial charge is 0.492 e. The molecule has 1 aromatic carbocycles.